The second kappa shape index (κ2) is 7.68. The molecule has 2 amide bonds. The molecule has 2 aromatic carbocycles. The van der Waals surface area contributed by atoms with Gasteiger partial charge in [0.2, 0.25) is 0 Å². The summed E-state index contributed by atoms with van der Waals surface area (Å²) in [6.45, 7) is 4.56. The zero-order valence-electron chi connectivity index (χ0n) is 14.0. The van der Waals surface area contributed by atoms with E-state index in [1.54, 1.807) is 12.1 Å². The van der Waals surface area contributed by atoms with E-state index in [1.165, 1.54) is 22.5 Å². The number of benzene rings is 2. The maximum atomic E-state index is 12.0. The van der Waals surface area contributed by atoms with Crippen LogP contribution in [0.25, 0.3) is 11.3 Å². The predicted molar refractivity (Wildman–Crippen MR) is 104 cm³/mol. The Labute approximate surface area is 155 Å². The Bertz CT molecular complexity index is 890. The van der Waals surface area contributed by atoms with Crippen LogP contribution in [0, 0.1) is 13.8 Å². The summed E-state index contributed by atoms with van der Waals surface area (Å²) in [5.41, 5.74) is 5.32. The number of carbonyl (C=O) groups is 1. The monoisotopic (exact) mass is 371 g/mol. The van der Waals surface area contributed by atoms with Crippen molar-refractivity contribution in [2.45, 2.75) is 20.4 Å². The smallest absolute Gasteiger partial charge is 0.321 e. The van der Waals surface area contributed by atoms with Gasteiger partial charge in [0.25, 0.3) is 0 Å². The molecule has 0 bridgehead atoms. The van der Waals surface area contributed by atoms with Crippen LogP contribution in [0.2, 0.25) is 5.02 Å². The van der Waals surface area contributed by atoms with E-state index < -0.39 is 0 Å². The van der Waals surface area contributed by atoms with Crippen molar-refractivity contribution >= 4 is 34.1 Å². The van der Waals surface area contributed by atoms with Crippen molar-refractivity contribution in [3.63, 3.8) is 0 Å². The van der Waals surface area contributed by atoms with Gasteiger partial charge in [-0.2, -0.15) is 0 Å². The highest BCUT2D eigenvalue weighted by Crippen LogP contribution is 2.27. The van der Waals surface area contributed by atoms with Gasteiger partial charge in [-0.25, -0.2) is 9.78 Å². The largest absolute Gasteiger partial charge is 0.334 e. The lowest BCUT2D eigenvalue weighted by atomic mass is 10.0. The molecular weight excluding hydrogens is 354 g/mol. The highest BCUT2D eigenvalue weighted by Gasteiger charge is 2.09. The number of rotatable bonds is 4. The Balaban J connectivity index is 1.60. The lowest BCUT2D eigenvalue weighted by Gasteiger charge is -2.06. The Kier molecular flexibility index (Phi) is 5.36. The van der Waals surface area contributed by atoms with Crippen LogP contribution in [0.1, 0.15) is 16.7 Å². The van der Waals surface area contributed by atoms with Crippen LogP contribution >= 0.6 is 22.9 Å². The van der Waals surface area contributed by atoms with Gasteiger partial charge in [-0.3, -0.25) is 5.32 Å². The summed E-state index contributed by atoms with van der Waals surface area (Å²) < 4.78 is 0. The number of hydrogen-bond acceptors (Lipinski definition) is 3. The third kappa shape index (κ3) is 4.59. The summed E-state index contributed by atoms with van der Waals surface area (Å²) in [5, 5.41) is 8.78. The standard InChI is InChI=1S/C19H18ClN3OS/c1-12-3-8-16(13(2)9-12)17-11-25-19(22-17)23-18(24)21-10-14-4-6-15(20)7-5-14/h3-9,11H,10H2,1-2H3,(H2,21,22,23,24). The number of amides is 2. The number of carbonyl (C=O) groups excluding carboxylic acids is 1. The fraction of sp³-hybridized carbons (Fsp3) is 0.158. The number of urea groups is 1. The maximum absolute atomic E-state index is 12.0. The first-order chi connectivity index (χ1) is 12.0. The van der Waals surface area contributed by atoms with Crippen molar-refractivity contribution in [2.24, 2.45) is 0 Å². The summed E-state index contributed by atoms with van der Waals surface area (Å²) in [4.78, 5) is 16.5. The zero-order valence-corrected chi connectivity index (χ0v) is 15.5. The highest BCUT2D eigenvalue weighted by molar-refractivity contribution is 7.14. The summed E-state index contributed by atoms with van der Waals surface area (Å²) in [5.74, 6) is 0. The highest BCUT2D eigenvalue weighted by atomic mass is 35.5. The molecule has 1 heterocycles. The molecule has 0 fully saturated rings. The van der Waals surface area contributed by atoms with Gasteiger partial charge in [0.15, 0.2) is 5.13 Å². The average molecular weight is 372 g/mol. The van der Waals surface area contributed by atoms with Crippen molar-refractivity contribution in [2.75, 3.05) is 5.32 Å². The predicted octanol–water partition coefficient (Wildman–Crippen LogP) is 5.40. The molecule has 1 aromatic heterocycles. The lowest BCUT2D eigenvalue weighted by Crippen LogP contribution is -2.28. The summed E-state index contributed by atoms with van der Waals surface area (Å²) >= 11 is 7.26. The van der Waals surface area contributed by atoms with Crippen LogP contribution in [0.4, 0.5) is 9.93 Å². The second-order valence-corrected chi connectivity index (χ2v) is 7.08. The number of anilines is 1. The van der Waals surface area contributed by atoms with E-state index in [0.29, 0.717) is 16.7 Å². The third-order valence-electron chi connectivity index (χ3n) is 3.75. The number of thiazole rings is 1. The molecule has 2 N–H and O–H groups in total. The van der Waals surface area contributed by atoms with Crippen LogP contribution in [0.5, 0.6) is 0 Å². The van der Waals surface area contributed by atoms with E-state index >= 15 is 0 Å². The van der Waals surface area contributed by atoms with Crippen molar-refractivity contribution in [1.82, 2.24) is 10.3 Å². The Morgan fingerprint density at radius 3 is 2.64 bits per heavy atom. The normalized spacial score (nSPS) is 10.5. The quantitative estimate of drug-likeness (QED) is 0.644. The zero-order chi connectivity index (χ0) is 17.8. The molecule has 0 radical (unpaired) electrons. The van der Waals surface area contributed by atoms with E-state index in [0.717, 1.165) is 16.8 Å². The van der Waals surface area contributed by atoms with Crippen LogP contribution in [-0.2, 0) is 6.54 Å². The molecule has 0 unspecified atom stereocenters. The van der Waals surface area contributed by atoms with Gasteiger partial charge in [0.1, 0.15) is 0 Å². The molecule has 0 spiro atoms. The molecule has 128 valence electrons. The molecular formula is C19H18ClN3OS. The third-order valence-corrected chi connectivity index (χ3v) is 4.76. The minimum atomic E-state index is -0.281. The molecule has 25 heavy (non-hydrogen) atoms. The van der Waals surface area contributed by atoms with E-state index in [1.807, 2.05) is 17.5 Å². The molecule has 4 nitrogen and oxygen atoms in total. The molecule has 3 rings (SSSR count). The van der Waals surface area contributed by atoms with E-state index in [9.17, 15) is 4.79 Å². The minimum absolute atomic E-state index is 0.281. The molecule has 3 aromatic rings. The van der Waals surface area contributed by atoms with Gasteiger partial charge < -0.3 is 5.32 Å². The van der Waals surface area contributed by atoms with Crippen molar-refractivity contribution in [1.29, 1.82) is 0 Å². The van der Waals surface area contributed by atoms with Gasteiger partial charge in [-0.1, -0.05) is 47.5 Å². The Hall–Kier alpha value is -2.37. The number of nitrogens with one attached hydrogen (secondary N) is 2. The van der Waals surface area contributed by atoms with E-state index in [2.05, 4.69) is 47.7 Å². The maximum Gasteiger partial charge on any atom is 0.321 e. The van der Waals surface area contributed by atoms with Crippen molar-refractivity contribution < 1.29 is 4.79 Å². The van der Waals surface area contributed by atoms with Crippen LogP contribution in [0.3, 0.4) is 0 Å². The molecule has 0 aliphatic heterocycles. The van der Waals surface area contributed by atoms with Crippen molar-refractivity contribution in [3.05, 3.63) is 69.6 Å². The molecule has 6 heteroatoms. The summed E-state index contributed by atoms with van der Waals surface area (Å²) in [7, 11) is 0. The molecule has 0 saturated heterocycles. The van der Waals surface area contributed by atoms with Crippen LogP contribution in [0.15, 0.2) is 47.8 Å². The SMILES string of the molecule is Cc1ccc(-c2csc(NC(=O)NCc3ccc(Cl)cc3)n2)c(C)c1. The first-order valence-electron chi connectivity index (χ1n) is 7.84. The molecule has 0 aliphatic carbocycles. The number of aromatic nitrogens is 1. The Morgan fingerprint density at radius 1 is 1.16 bits per heavy atom. The van der Waals surface area contributed by atoms with Gasteiger partial charge in [-0.15, -0.1) is 11.3 Å². The fourth-order valence-electron chi connectivity index (χ4n) is 2.48. The number of aryl methyl sites for hydroxylation is 2. The minimum Gasteiger partial charge on any atom is -0.334 e. The van der Waals surface area contributed by atoms with Gasteiger partial charge in [-0.05, 0) is 37.1 Å². The van der Waals surface area contributed by atoms with Gasteiger partial charge in [0.05, 0.1) is 5.69 Å². The topological polar surface area (TPSA) is 54.0 Å². The second-order valence-electron chi connectivity index (χ2n) is 5.79. The molecule has 0 saturated carbocycles. The number of nitrogens with zero attached hydrogens (tertiary/aromatic N) is 1. The van der Waals surface area contributed by atoms with Gasteiger partial charge in [0, 0.05) is 22.5 Å². The lowest BCUT2D eigenvalue weighted by molar-refractivity contribution is 0.251. The van der Waals surface area contributed by atoms with E-state index in [4.69, 9.17) is 11.6 Å². The van der Waals surface area contributed by atoms with Crippen molar-refractivity contribution in [3.8, 4) is 11.3 Å². The van der Waals surface area contributed by atoms with Crippen LogP contribution < -0.4 is 10.6 Å². The molecule has 0 aliphatic rings. The van der Waals surface area contributed by atoms with E-state index in [-0.39, 0.29) is 6.03 Å². The van der Waals surface area contributed by atoms with Crippen LogP contribution in [-0.4, -0.2) is 11.0 Å². The number of hydrogen-bond donors (Lipinski definition) is 2. The summed E-state index contributed by atoms with van der Waals surface area (Å²) in [6.07, 6.45) is 0. The average Bonchev–Trinajstić information content (AvgIpc) is 3.02. The Morgan fingerprint density at radius 2 is 1.92 bits per heavy atom. The summed E-state index contributed by atoms with van der Waals surface area (Å²) in [6, 6.07) is 13.3. The van der Waals surface area contributed by atoms with Gasteiger partial charge >= 0.3 is 6.03 Å². The fourth-order valence-corrected chi connectivity index (χ4v) is 3.31. The first kappa shape index (κ1) is 17.5. The molecule has 0 atom stereocenters. The first-order valence-corrected chi connectivity index (χ1v) is 9.09. The number of halogens is 1.